The minimum atomic E-state index is -0.921. The van der Waals surface area contributed by atoms with Gasteiger partial charge in [-0.2, -0.15) is 0 Å². The maximum Gasteiger partial charge on any atom is 0.343 e. The van der Waals surface area contributed by atoms with Crippen molar-refractivity contribution in [2.45, 2.75) is 32.5 Å². The Kier molecular flexibility index (Phi) is 5.32. The molecule has 1 rings (SSSR count). The average molecular weight is 268 g/mol. The summed E-state index contributed by atoms with van der Waals surface area (Å²) in [6, 6.07) is 6.94. The lowest BCUT2D eigenvalue weighted by Crippen LogP contribution is -2.25. The molecule has 0 bridgehead atoms. The molecule has 1 atom stereocenters. The van der Waals surface area contributed by atoms with Crippen molar-refractivity contribution in [2.75, 3.05) is 14.2 Å². The number of hydrogen-bond donors (Lipinski definition) is 0. The standard InChI is InChI=1S/C14H20O5/c1-14(2,3)19-18-12(13(15)17-5)10-6-8-11(16-4)9-7-10/h6-9,12H,1-5H3/t12-/m1/s1. The highest BCUT2D eigenvalue weighted by molar-refractivity contribution is 5.76. The van der Waals surface area contributed by atoms with E-state index in [2.05, 4.69) is 0 Å². The van der Waals surface area contributed by atoms with Gasteiger partial charge in [0.25, 0.3) is 0 Å². The van der Waals surface area contributed by atoms with E-state index < -0.39 is 17.7 Å². The molecule has 0 aliphatic carbocycles. The van der Waals surface area contributed by atoms with Crippen molar-refractivity contribution in [1.29, 1.82) is 0 Å². The normalized spacial score (nSPS) is 12.9. The number of rotatable bonds is 5. The molecule has 0 saturated heterocycles. The zero-order chi connectivity index (χ0) is 14.5. The van der Waals surface area contributed by atoms with Crippen LogP contribution in [0.15, 0.2) is 24.3 Å². The fourth-order valence-corrected chi connectivity index (χ4v) is 1.31. The second-order valence-electron chi connectivity index (χ2n) is 4.97. The molecule has 19 heavy (non-hydrogen) atoms. The predicted molar refractivity (Wildman–Crippen MR) is 69.7 cm³/mol. The van der Waals surface area contributed by atoms with E-state index in [0.29, 0.717) is 11.3 Å². The summed E-state index contributed by atoms with van der Waals surface area (Å²) in [6.45, 7) is 5.49. The maximum atomic E-state index is 11.7. The Hall–Kier alpha value is -1.59. The molecule has 0 aliphatic heterocycles. The lowest BCUT2D eigenvalue weighted by Gasteiger charge is -2.22. The molecule has 0 aromatic heterocycles. The third-order valence-electron chi connectivity index (χ3n) is 2.23. The van der Waals surface area contributed by atoms with E-state index >= 15 is 0 Å². The maximum absolute atomic E-state index is 11.7. The van der Waals surface area contributed by atoms with Crippen molar-refractivity contribution < 1.29 is 24.0 Å². The van der Waals surface area contributed by atoms with Gasteiger partial charge in [-0.1, -0.05) is 12.1 Å². The lowest BCUT2D eigenvalue weighted by molar-refractivity contribution is -0.370. The summed E-state index contributed by atoms with van der Waals surface area (Å²) in [5.41, 5.74) is 0.121. The second kappa shape index (κ2) is 6.54. The van der Waals surface area contributed by atoms with Gasteiger partial charge in [0.05, 0.1) is 19.8 Å². The smallest absolute Gasteiger partial charge is 0.343 e. The van der Waals surface area contributed by atoms with Crippen molar-refractivity contribution in [2.24, 2.45) is 0 Å². The number of carbonyl (C=O) groups is 1. The minimum absolute atomic E-state index is 0.515. The molecule has 0 amide bonds. The van der Waals surface area contributed by atoms with Crippen LogP contribution in [0.5, 0.6) is 5.75 Å². The van der Waals surface area contributed by atoms with Gasteiger partial charge in [0, 0.05) is 0 Å². The Labute approximate surface area is 113 Å². The van der Waals surface area contributed by atoms with Crippen molar-refractivity contribution in [3.8, 4) is 5.75 Å². The van der Waals surface area contributed by atoms with Gasteiger partial charge in [-0.15, -0.1) is 0 Å². The largest absolute Gasteiger partial charge is 0.497 e. The summed E-state index contributed by atoms with van der Waals surface area (Å²) < 4.78 is 9.78. The molecule has 0 spiro atoms. The fraction of sp³-hybridized carbons (Fsp3) is 0.500. The van der Waals surface area contributed by atoms with Gasteiger partial charge in [-0.3, -0.25) is 0 Å². The summed E-state index contributed by atoms with van der Waals surface area (Å²) in [5.74, 6) is 0.179. The molecular weight excluding hydrogens is 248 g/mol. The van der Waals surface area contributed by atoms with E-state index in [0.717, 1.165) is 0 Å². The van der Waals surface area contributed by atoms with E-state index in [4.69, 9.17) is 19.2 Å². The quantitative estimate of drug-likeness (QED) is 0.467. The van der Waals surface area contributed by atoms with Crippen LogP contribution in [0.25, 0.3) is 0 Å². The van der Waals surface area contributed by atoms with E-state index in [1.165, 1.54) is 7.11 Å². The topological polar surface area (TPSA) is 54.0 Å². The van der Waals surface area contributed by atoms with Crippen LogP contribution in [0.3, 0.4) is 0 Å². The molecule has 0 aliphatic rings. The molecule has 1 aromatic carbocycles. The number of methoxy groups -OCH3 is 2. The summed E-state index contributed by atoms with van der Waals surface area (Å²) >= 11 is 0. The second-order valence-corrected chi connectivity index (χ2v) is 4.97. The number of esters is 1. The van der Waals surface area contributed by atoms with Crippen molar-refractivity contribution in [1.82, 2.24) is 0 Å². The molecule has 0 unspecified atom stereocenters. The Bertz CT molecular complexity index is 405. The average Bonchev–Trinajstić information content (AvgIpc) is 2.38. The highest BCUT2D eigenvalue weighted by Gasteiger charge is 2.26. The van der Waals surface area contributed by atoms with Gasteiger partial charge >= 0.3 is 5.97 Å². The van der Waals surface area contributed by atoms with Gasteiger partial charge in [-0.25, -0.2) is 14.6 Å². The minimum Gasteiger partial charge on any atom is -0.497 e. The highest BCUT2D eigenvalue weighted by Crippen LogP contribution is 2.24. The lowest BCUT2D eigenvalue weighted by atomic mass is 10.1. The van der Waals surface area contributed by atoms with Crippen LogP contribution < -0.4 is 4.74 Å². The summed E-state index contributed by atoms with van der Waals surface area (Å²) in [7, 11) is 2.88. The fourth-order valence-electron chi connectivity index (χ4n) is 1.31. The zero-order valence-electron chi connectivity index (χ0n) is 11.9. The molecule has 0 fully saturated rings. The van der Waals surface area contributed by atoms with Gasteiger partial charge in [0.15, 0.2) is 0 Å². The molecule has 1 aromatic rings. The summed E-state index contributed by atoms with van der Waals surface area (Å²) in [5, 5.41) is 0. The Balaban J connectivity index is 2.86. The van der Waals surface area contributed by atoms with Gasteiger partial charge in [0.2, 0.25) is 6.10 Å². The first-order chi connectivity index (χ1) is 8.87. The Morgan fingerprint density at radius 1 is 1.11 bits per heavy atom. The van der Waals surface area contributed by atoms with Gasteiger partial charge in [0.1, 0.15) is 5.75 Å². The van der Waals surface area contributed by atoms with Crippen LogP contribution in [0, 0.1) is 0 Å². The molecule has 5 heteroatoms. The number of ether oxygens (including phenoxy) is 2. The third kappa shape index (κ3) is 4.89. The molecule has 0 heterocycles. The molecule has 5 nitrogen and oxygen atoms in total. The first-order valence-corrected chi connectivity index (χ1v) is 5.93. The zero-order valence-corrected chi connectivity index (χ0v) is 11.9. The van der Waals surface area contributed by atoms with Crippen LogP contribution in [0.4, 0.5) is 0 Å². The monoisotopic (exact) mass is 268 g/mol. The third-order valence-corrected chi connectivity index (χ3v) is 2.23. The van der Waals surface area contributed by atoms with Crippen molar-refractivity contribution >= 4 is 5.97 Å². The number of carbonyl (C=O) groups excluding carboxylic acids is 1. The predicted octanol–water partition coefficient (Wildman–Crippen LogP) is 2.66. The van der Waals surface area contributed by atoms with E-state index in [-0.39, 0.29) is 0 Å². The van der Waals surface area contributed by atoms with Gasteiger partial charge in [-0.05, 0) is 38.5 Å². The van der Waals surface area contributed by atoms with Crippen LogP contribution in [0.2, 0.25) is 0 Å². The van der Waals surface area contributed by atoms with Crippen molar-refractivity contribution in [3.05, 3.63) is 29.8 Å². The Morgan fingerprint density at radius 2 is 1.68 bits per heavy atom. The van der Waals surface area contributed by atoms with E-state index in [1.54, 1.807) is 31.4 Å². The molecule has 0 N–H and O–H groups in total. The summed E-state index contributed by atoms with van der Waals surface area (Å²) in [4.78, 5) is 22.1. The Morgan fingerprint density at radius 3 is 2.11 bits per heavy atom. The van der Waals surface area contributed by atoms with Crippen molar-refractivity contribution in [3.63, 3.8) is 0 Å². The van der Waals surface area contributed by atoms with Crippen LogP contribution >= 0.6 is 0 Å². The first kappa shape index (κ1) is 15.5. The molecular formula is C14H20O5. The highest BCUT2D eigenvalue weighted by atomic mass is 17.2. The van der Waals surface area contributed by atoms with Crippen LogP contribution in [-0.2, 0) is 19.3 Å². The number of benzene rings is 1. The number of hydrogen-bond acceptors (Lipinski definition) is 5. The first-order valence-electron chi connectivity index (χ1n) is 5.93. The summed E-state index contributed by atoms with van der Waals surface area (Å²) in [6.07, 6.45) is -0.921. The molecule has 0 saturated carbocycles. The SMILES string of the molecule is COC(=O)[C@H](OOC(C)(C)C)c1ccc(OC)cc1. The van der Waals surface area contributed by atoms with Crippen LogP contribution in [-0.4, -0.2) is 25.8 Å². The molecule has 106 valence electrons. The van der Waals surface area contributed by atoms with Gasteiger partial charge < -0.3 is 9.47 Å². The molecule has 0 radical (unpaired) electrons. The van der Waals surface area contributed by atoms with Crippen LogP contribution in [0.1, 0.15) is 32.4 Å². The van der Waals surface area contributed by atoms with E-state index in [1.807, 2.05) is 20.8 Å². The van der Waals surface area contributed by atoms with E-state index in [9.17, 15) is 4.79 Å².